The molecule has 1 heterocycles. The molecule has 0 aliphatic heterocycles. The van der Waals surface area contributed by atoms with E-state index in [0.717, 1.165) is 10.8 Å². The Hall–Kier alpha value is -5.66. The van der Waals surface area contributed by atoms with Crippen LogP contribution in [-0.2, 0) is 0 Å². The average molecular weight is 563 g/mol. The van der Waals surface area contributed by atoms with Gasteiger partial charge in [0.25, 0.3) is 0 Å². The fourth-order valence-corrected chi connectivity index (χ4v) is 5.78. The summed E-state index contributed by atoms with van der Waals surface area (Å²) >= 11 is 0. The van der Waals surface area contributed by atoms with Gasteiger partial charge in [-0.3, -0.25) is 0 Å². The third kappa shape index (κ3) is 3.72. The second-order valence-corrected chi connectivity index (χ2v) is 10.1. The van der Waals surface area contributed by atoms with Gasteiger partial charge < -0.3 is 4.42 Å². The molecule has 9 rings (SSSR count). The molecule has 9 aromatic rings. The number of benzene rings is 8. The summed E-state index contributed by atoms with van der Waals surface area (Å²) in [7, 11) is 0. The molecule has 0 spiro atoms. The zero-order valence-corrected chi connectivity index (χ0v) is 22.2. The van der Waals surface area contributed by atoms with E-state index in [2.05, 4.69) is 0 Å². The quantitative estimate of drug-likeness (QED) is 0.195. The minimum Gasteiger partial charge on any atom is -0.455 e. The minimum absolute atomic E-state index is 0.0250. The van der Waals surface area contributed by atoms with Crippen LogP contribution < -0.4 is 0 Å². The Bertz CT molecular complexity index is 3300. The second kappa shape index (κ2) is 9.44. The van der Waals surface area contributed by atoms with Crippen molar-refractivity contribution in [3.63, 3.8) is 0 Å². The molecule has 0 saturated carbocycles. The van der Waals surface area contributed by atoms with Crippen molar-refractivity contribution in [1.82, 2.24) is 0 Å². The van der Waals surface area contributed by atoms with Gasteiger partial charge >= 0.3 is 0 Å². The van der Waals surface area contributed by atoms with E-state index in [9.17, 15) is 11.0 Å². The van der Waals surface area contributed by atoms with Gasteiger partial charge in [0, 0.05) is 21.9 Å². The molecular weight excluding hydrogens is 520 g/mol. The zero-order chi connectivity index (χ0) is 42.3. The first-order chi connectivity index (χ1) is 28.0. The van der Waals surface area contributed by atoms with Crippen molar-refractivity contribution < 1.29 is 26.3 Å². The van der Waals surface area contributed by atoms with Gasteiger partial charge in [0.1, 0.15) is 11.2 Å². The lowest BCUT2D eigenvalue weighted by atomic mass is 9.85. The van der Waals surface area contributed by atoms with Gasteiger partial charge in [-0.25, -0.2) is 0 Å². The summed E-state index contributed by atoms with van der Waals surface area (Å²) < 4.78 is 150. The van der Waals surface area contributed by atoms with E-state index in [1.165, 1.54) is 18.2 Å². The molecule has 1 aromatic heterocycles. The lowest BCUT2D eigenvalue weighted by Crippen LogP contribution is -1.91. The fourth-order valence-electron chi connectivity index (χ4n) is 5.78. The molecule has 0 fully saturated rings. The number of hydrogen-bond donors (Lipinski definition) is 0. The first kappa shape index (κ1) is 13.1. The van der Waals surface area contributed by atoms with Crippen molar-refractivity contribution in [3.8, 4) is 33.4 Å². The van der Waals surface area contributed by atoms with Crippen LogP contribution in [0.4, 0.5) is 0 Å². The van der Waals surface area contributed by atoms with Crippen LogP contribution in [0, 0.1) is 0 Å². The standard InChI is InChI=1S/C42H26O/c1-2-11-30-26-31(25-22-27(30)10-1)28-20-23-29(24-21-28)40-33-13-3-5-15-35(33)41(36-16-6-4-14-34(36)40)38-18-9-17-37-32-12-7-8-19-39(32)43-42(37)38/h1-26H/i3D,4D,5D,6D,7D,8D,12D,13D,14D,15D,16D,19D,20D,21D,23D,24D. The van der Waals surface area contributed by atoms with Crippen molar-refractivity contribution in [2.45, 2.75) is 0 Å². The highest BCUT2D eigenvalue weighted by molar-refractivity contribution is 6.24. The SMILES string of the molecule is [2H]c1c([2H])c(-c2c3c([2H])c([2H])c([2H])c([2H])c3c(-c3cccc4c3oc3c([2H])c([2H])c([2H])c([2H])c34)c3c([2H])c([2H])c([2H])c([2H])c23)c([2H])c([2H])c1-c1ccc2ccccc2c1. The van der Waals surface area contributed by atoms with Crippen molar-refractivity contribution in [1.29, 1.82) is 0 Å². The number of furan rings is 1. The van der Waals surface area contributed by atoms with Crippen LogP contribution in [0.1, 0.15) is 21.9 Å². The Balaban J connectivity index is 1.52. The van der Waals surface area contributed by atoms with E-state index in [0.29, 0.717) is 5.56 Å². The highest BCUT2D eigenvalue weighted by Crippen LogP contribution is 2.46. The molecule has 1 heteroatoms. The van der Waals surface area contributed by atoms with E-state index >= 15 is 0 Å². The third-order valence-corrected chi connectivity index (χ3v) is 7.70. The summed E-state index contributed by atoms with van der Waals surface area (Å²) in [4.78, 5) is 0. The van der Waals surface area contributed by atoms with Gasteiger partial charge in [-0.05, 0) is 66.7 Å². The molecule has 0 N–H and O–H groups in total. The van der Waals surface area contributed by atoms with Crippen LogP contribution in [0.2, 0.25) is 0 Å². The van der Waals surface area contributed by atoms with Gasteiger partial charge in [0.2, 0.25) is 0 Å². The molecule has 1 nitrogen and oxygen atoms in total. The smallest absolute Gasteiger partial charge is 0.143 e. The van der Waals surface area contributed by atoms with E-state index in [4.69, 9.17) is 15.4 Å². The molecule has 0 unspecified atom stereocenters. The first-order valence-electron chi connectivity index (χ1n) is 21.5. The third-order valence-electron chi connectivity index (χ3n) is 7.70. The van der Waals surface area contributed by atoms with Crippen LogP contribution in [0.25, 0.3) is 87.6 Å². The predicted octanol–water partition coefficient (Wildman–Crippen LogP) is 12.0. The van der Waals surface area contributed by atoms with Gasteiger partial charge in [-0.15, -0.1) is 0 Å². The van der Waals surface area contributed by atoms with Gasteiger partial charge in [0.15, 0.2) is 0 Å². The van der Waals surface area contributed by atoms with Crippen molar-refractivity contribution in [2.75, 3.05) is 0 Å². The Morgan fingerprint density at radius 3 is 1.74 bits per heavy atom. The minimum atomic E-state index is -0.733. The Kier molecular flexibility index (Phi) is 2.88. The summed E-state index contributed by atoms with van der Waals surface area (Å²) in [6, 6.07) is 7.40. The molecule has 0 radical (unpaired) electrons. The molecule has 8 aromatic carbocycles. The predicted molar refractivity (Wildman–Crippen MR) is 183 cm³/mol. The van der Waals surface area contributed by atoms with Crippen LogP contribution in [0.5, 0.6) is 0 Å². The summed E-state index contributed by atoms with van der Waals surface area (Å²) in [5.74, 6) is 0. The van der Waals surface area contributed by atoms with Crippen molar-refractivity contribution >= 4 is 54.3 Å². The molecule has 0 bridgehead atoms. The van der Waals surface area contributed by atoms with Gasteiger partial charge in [-0.1, -0.05) is 145 Å². The van der Waals surface area contributed by atoms with E-state index in [1.807, 2.05) is 24.3 Å². The topological polar surface area (TPSA) is 13.1 Å². The lowest BCUT2D eigenvalue weighted by molar-refractivity contribution is 0.670. The molecule has 43 heavy (non-hydrogen) atoms. The van der Waals surface area contributed by atoms with Crippen molar-refractivity contribution in [2.24, 2.45) is 0 Å². The Morgan fingerprint density at radius 2 is 1.02 bits per heavy atom. The molecule has 0 aliphatic carbocycles. The average Bonchev–Trinajstić information content (AvgIpc) is 3.64. The van der Waals surface area contributed by atoms with Crippen LogP contribution in [0.15, 0.2) is 162 Å². The fraction of sp³-hybridized carbons (Fsp3) is 0. The maximum absolute atomic E-state index is 9.42. The maximum Gasteiger partial charge on any atom is 0.143 e. The van der Waals surface area contributed by atoms with E-state index < -0.39 is 102 Å². The first-order valence-corrected chi connectivity index (χ1v) is 13.5. The Morgan fingerprint density at radius 1 is 0.419 bits per heavy atom. The number of hydrogen-bond acceptors (Lipinski definition) is 1. The summed E-state index contributed by atoms with van der Waals surface area (Å²) in [6.45, 7) is 0. The molecule has 0 amide bonds. The summed E-state index contributed by atoms with van der Waals surface area (Å²) in [5, 5.41) is 0.615. The monoisotopic (exact) mass is 562 g/mol. The molecular formula is C42H26O. The maximum atomic E-state index is 9.42. The van der Waals surface area contributed by atoms with Crippen LogP contribution >= 0.6 is 0 Å². The molecule has 200 valence electrons. The zero-order valence-electron chi connectivity index (χ0n) is 38.2. The van der Waals surface area contributed by atoms with Gasteiger partial charge in [0.05, 0.1) is 21.9 Å². The molecule has 0 atom stereocenters. The number of fused-ring (bicyclic) bond motifs is 6. The van der Waals surface area contributed by atoms with Gasteiger partial charge in [-0.2, -0.15) is 0 Å². The molecule has 0 aliphatic rings. The van der Waals surface area contributed by atoms with E-state index in [-0.39, 0.29) is 65.7 Å². The molecule has 0 saturated heterocycles. The summed E-state index contributed by atoms with van der Waals surface area (Å²) in [5.41, 5.74) is -0.880. The van der Waals surface area contributed by atoms with Crippen molar-refractivity contribution in [3.05, 3.63) is 157 Å². The highest BCUT2D eigenvalue weighted by Gasteiger charge is 2.20. The number of para-hydroxylation sites is 2. The lowest BCUT2D eigenvalue weighted by Gasteiger charge is -2.18. The summed E-state index contributed by atoms with van der Waals surface area (Å²) in [6.07, 6.45) is 0. The Labute approximate surface area is 271 Å². The largest absolute Gasteiger partial charge is 0.455 e. The number of rotatable bonds is 3. The normalized spacial score (nSPS) is 16.9. The van der Waals surface area contributed by atoms with E-state index in [1.54, 1.807) is 18.2 Å². The van der Waals surface area contributed by atoms with Crippen LogP contribution in [0.3, 0.4) is 0 Å². The second-order valence-electron chi connectivity index (χ2n) is 10.1. The van der Waals surface area contributed by atoms with Crippen LogP contribution in [-0.4, -0.2) is 0 Å². The highest BCUT2D eigenvalue weighted by atomic mass is 16.3.